The molecule has 0 bridgehead atoms. The number of benzene rings is 1. The van der Waals surface area contributed by atoms with Gasteiger partial charge in [0, 0.05) is 23.6 Å². The Kier molecular flexibility index (Phi) is 5.50. The monoisotopic (exact) mass is 331 g/mol. The summed E-state index contributed by atoms with van der Waals surface area (Å²) in [7, 11) is 0. The topological polar surface area (TPSA) is 71.1 Å². The van der Waals surface area contributed by atoms with Crippen molar-refractivity contribution in [2.45, 2.75) is 33.7 Å². The number of anilines is 1. The van der Waals surface area contributed by atoms with Gasteiger partial charge in [0.15, 0.2) is 0 Å². The van der Waals surface area contributed by atoms with E-state index in [1.54, 1.807) is 11.3 Å². The van der Waals surface area contributed by atoms with Crippen LogP contribution in [0.3, 0.4) is 0 Å². The zero-order valence-corrected chi connectivity index (χ0v) is 14.5. The molecule has 2 N–H and O–H groups in total. The Morgan fingerprint density at radius 3 is 2.57 bits per heavy atom. The largest absolute Gasteiger partial charge is 0.344 e. The van der Waals surface area contributed by atoms with Crippen LogP contribution in [0.4, 0.5) is 5.69 Å². The maximum absolute atomic E-state index is 12.4. The fourth-order valence-electron chi connectivity index (χ4n) is 2.23. The average Bonchev–Trinajstić information content (AvgIpc) is 2.91. The molecule has 6 heteroatoms. The van der Waals surface area contributed by atoms with E-state index in [0.29, 0.717) is 5.69 Å². The van der Waals surface area contributed by atoms with Gasteiger partial charge < -0.3 is 10.6 Å². The summed E-state index contributed by atoms with van der Waals surface area (Å²) in [6.07, 6.45) is 0. The lowest BCUT2D eigenvalue weighted by Crippen LogP contribution is -2.46. The summed E-state index contributed by atoms with van der Waals surface area (Å²) in [5.74, 6) is -0.435. The third kappa shape index (κ3) is 4.63. The van der Waals surface area contributed by atoms with Crippen LogP contribution in [-0.2, 0) is 9.59 Å². The number of nitrogens with one attached hydrogen (secondary N) is 2. The van der Waals surface area contributed by atoms with Gasteiger partial charge >= 0.3 is 0 Å². The van der Waals surface area contributed by atoms with Crippen molar-refractivity contribution in [1.82, 2.24) is 10.3 Å². The van der Waals surface area contributed by atoms with Gasteiger partial charge in [-0.25, -0.2) is 4.98 Å². The molecular weight excluding hydrogens is 310 g/mol. The van der Waals surface area contributed by atoms with E-state index in [9.17, 15) is 9.59 Å². The van der Waals surface area contributed by atoms with Crippen LogP contribution in [0.1, 0.15) is 25.8 Å². The number of hydrogen-bond acceptors (Lipinski definition) is 4. The van der Waals surface area contributed by atoms with Crippen LogP contribution >= 0.6 is 11.3 Å². The molecule has 0 saturated heterocycles. The van der Waals surface area contributed by atoms with Gasteiger partial charge in [0.1, 0.15) is 6.04 Å². The van der Waals surface area contributed by atoms with E-state index >= 15 is 0 Å². The van der Waals surface area contributed by atoms with E-state index in [4.69, 9.17) is 0 Å². The molecule has 0 aliphatic rings. The molecule has 2 amide bonds. The molecule has 2 rings (SSSR count). The van der Waals surface area contributed by atoms with Crippen molar-refractivity contribution >= 4 is 28.8 Å². The summed E-state index contributed by atoms with van der Waals surface area (Å²) >= 11 is 1.59. The van der Waals surface area contributed by atoms with Crippen LogP contribution in [0.25, 0.3) is 11.3 Å². The quantitative estimate of drug-likeness (QED) is 0.884. The van der Waals surface area contributed by atoms with Crippen molar-refractivity contribution in [3.63, 3.8) is 0 Å². The summed E-state index contributed by atoms with van der Waals surface area (Å²) in [5.41, 5.74) is 2.53. The summed E-state index contributed by atoms with van der Waals surface area (Å²) in [4.78, 5) is 28.1. The molecule has 0 spiro atoms. The molecular formula is C17H21N3O2S. The molecule has 1 heterocycles. The normalized spacial score (nSPS) is 12.0. The molecule has 5 nitrogen and oxygen atoms in total. The average molecular weight is 331 g/mol. The number of thiazole rings is 1. The van der Waals surface area contributed by atoms with Crippen LogP contribution in [0.15, 0.2) is 29.6 Å². The molecule has 1 aromatic heterocycles. The molecule has 0 fully saturated rings. The highest BCUT2D eigenvalue weighted by Crippen LogP contribution is 2.24. The smallest absolute Gasteiger partial charge is 0.247 e. The summed E-state index contributed by atoms with van der Waals surface area (Å²) in [6, 6.07) is 6.99. The second-order valence-electron chi connectivity index (χ2n) is 5.74. The highest BCUT2D eigenvalue weighted by Gasteiger charge is 2.23. The first-order chi connectivity index (χ1) is 10.9. The molecule has 1 atom stereocenters. The first kappa shape index (κ1) is 17.1. The third-order valence-electron chi connectivity index (χ3n) is 3.35. The maximum Gasteiger partial charge on any atom is 0.247 e. The number of hydrogen-bond donors (Lipinski definition) is 2. The van der Waals surface area contributed by atoms with Gasteiger partial charge in [0.2, 0.25) is 11.8 Å². The molecule has 2 aromatic rings. The number of carbonyl (C=O) groups excluding carboxylic acids is 2. The van der Waals surface area contributed by atoms with Crippen LogP contribution in [0.2, 0.25) is 0 Å². The van der Waals surface area contributed by atoms with E-state index in [0.717, 1.165) is 16.3 Å². The lowest BCUT2D eigenvalue weighted by molar-refractivity contribution is -0.126. The number of amides is 2. The Morgan fingerprint density at radius 1 is 1.26 bits per heavy atom. The number of nitrogens with zero attached hydrogens (tertiary/aromatic N) is 1. The number of carbonyl (C=O) groups is 2. The molecule has 1 unspecified atom stereocenters. The van der Waals surface area contributed by atoms with Gasteiger partial charge in [-0.05, 0) is 25.0 Å². The lowest BCUT2D eigenvalue weighted by atomic mass is 10.0. The number of aryl methyl sites for hydroxylation is 1. The summed E-state index contributed by atoms with van der Waals surface area (Å²) in [6.45, 7) is 7.16. The summed E-state index contributed by atoms with van der Waals surface area (Å²) < 4.78 is 0. The van der Waals surface area contributed by atoms with Crippen molar-refractivity contribution in [3.05, 3.63) is 34.7 Å². The highest BCUT2D eigenvalue weighted by atomic mass is 32.1. The number of aromatic nitrogens is 1. The standard InChI is InChI=1S/C17H21N3O2S/c1-10(2)16(18-11(3)21)17(22)20-14-7-5-6-13(8-14)15-9-23-12(4)19-15/h5-10,16H,1-4H3,(H,18,21)(H,20,22). The Labute approximate surface area is 140 Å². The molecule has 0 aliphatic heterocycles. The first-order valence-electron chi connectivity index (χ1n) is 7.47. The lowest BCUT2D eigenvalue weighted by Gasteiger charge is -2.21. The maximum atomic E-state index is 12.4. The van der Waals surface area contributed by atoms with E-state index < -0.39 is 6.04 Å². The third-order valence-corrected chi connectivity index (χ3v) is 4.13. The Bertz CT molecular complexity index is 709. The van der Waals surface area contributed by atoms with Crippen molar-refractivity contribution in [1.29, 1.82) is 0 Å². The van der Waals surface area contributed by atoms with Crippen molar-refractivity contribution < 1.29 is 9.59 Å². The summed E-state index contributed by atoms with van der Waals surface area (Å²) in [5, 5.41) is 8.55. The molecule has 0 aliphatic carbocycles. The predicted octanol–water partition coefficient (Wildman–Crippen LogP) is 3.22. The highest BCUT2D eigenvalue weighted by molar-refractivity contribution is 7.09. The van der Waals surface area contributed by atoms with Crippen LogP contribution in [0.5, 0.6) is 0 Å². The SMILES string of the molecule is CC(=O)NC(C(=O)Nc1cccc(-c2csc(C)n2)c1)C(C)C. The van der Waals surface area contributed by atoms with E-state index in [2.05, 4.69) is 15.6 Å². The molecule has 0 radical (unpaired) electrons. The molecule has 1 aromatic carbocycles. The Balaban J connectivity index is 2.16. The predicted molar refractivity (Wildman–Crippen MR) is 93.4 cm³/mol. The van der Waals surface area contributed by atoms with Crippen LogP contribution in [-0.4, -0.2) is 22.8 Å². The fraction of sp³-hybridized carbons (Fsp3) is 0.353. The fourth-order valence-corrected chi connectivity index (χ4v) is 2.85. The van der Waals surface area contributed by atoms with Crippen LogP contribution < -0.4 is 10.6 Å². The van der Waals surface area contributed by atoms with Gasteiger partial charge in [0.25, 0.3) is 0 Å². The Morgan fingerprint density at radius 2 is 2.00 bits per heavy atom. The Hall–Kier alpha value is -2.21. The van der Waals surface area contributed by atoms with Crippen molar-refractivity contribution in [2.75, 3.05) is 5.32 Å². The second-order valence-corrected chi connectivity index (χ2v) is 6.81. The van der Waals surface area contributed by atoms with Crippen LogP contribution in [0, 0.1) is 12.8 Å². The minimum Gasteiger partial charge on any atom is -0.344 e. The first-order valence-corrected chi connectivity index (χ1v) is 8.35. The molecule has 122 valence electrons. The van der Waals surface area contributed by atoms with E-state index in [1.807, 2.05) is 50.4 Å². The van der Waals surface area contributed by atoms with Gasteiger partial charge in [-0.15, -0.1) is 11.3 Å². The van der Waals surface area contributed by atoms with Crippen molar-refractivity contribution in [2.24, 2.45) is 5.92 Å². The van der Waals surface area contributed by atoms with Crippen molar-refractivity contribution in [3.8, 4) is 11.3 Å². The molecule has 0 saturated carbocycles. The minimum absolute atomic E-state index is 0.00303. The van der Waals surface area contributed by atoms with E-state index in [-0.39, 0.29) is 17.7 Å². The van der Waals surface area contributed by atoms with Gasteiger partial charge in [-0.1, -0.05) is 26.0 Å². The van der Waals surface area contributed by atoms with Gasteiger partial charge in [-0.2, -0.15) is 0 Å². The zero-order valence-electron chi connectivity index (χ0n) is 13.7. The van der Waals surface area contributed by atoms with Gasteiger partial charge in [-0.3, -0.25) is 9.59 Å². The molecule has 23 heavy (non-hydrogen) atoms. The minimum atomic E-state index is -0.558. The van der Waals surface area contributed by atoms with E-state index in [1.165, 1.54) is 6.92 Å². The second kappa shape index (κ2) is 7.37. The zero-order chi connectivity index (χ0) is 17.0. The van der Waals surface area contributed by atoms with Gasteiger partial charge in [0.05, 0.1) is 10.7 Å². The number of rotatable bonds is 5.